The third kappa shape index (κ3) is 4.64. The summed E-state index contributed by atoms with van der Waals surface area (Å²) in [5.41, 5.74) is 0. The fourth-order valence-corrected chi connectivity index (χ4v) is 3.40. The molecule has 1 aromatic carbocycles. The molecule has 9 heteroatoms. The largest absolute Gasteiger partial charge is 0.489 e. The maximum atomic E-state index is 10.0. The number of ether oxygens (including phenoxy) is 1. The number of nitrogens with zero attached hydrogens (tertiary/aromatic N) is 2. The Balaban J connectivity index is 1.49. The quantitative estimate of drug-likeness (QED) is 0.580. The van der Waals surface area contributed by atoms with Crippen molar-refractivity contribution >= 4 is 46.3 Å². The number of aliphatic hydroxyl groups is 1. The lowest BCUT2D eigenvalue weighted by Gasteiger charge is -2.12. The standard InChI is InChI=1S/C15H12Cl2N2O3S2/c16-9-3-4-11(17)12(6-9)21-7-10(20)8-24-15-19-18-14(22-15)13-2-1-5-23-13/h1-6,10,20H,7-8H2. The molecule has 0 fully saturated rings. The number of halogens is 2. The van der Waals surface area contributed by atoms with Crippen LogP contribution in [0.3, 0.4) is 0 Å². The van der Waals surface area contributed by atoms with Crippen LogP contribution in [0.1, 0.15) is 0 Å². The van der Waals surface area contributed by atoms with E-state index in [9.17, 15) is 5.11 Å². The Morgan fingerprint density at radius 1 is 1.29 bits per heavy atom. The van der Waals surface area contributed by atoms with Gasteiger partial charge >= 0.3 is 0 Å². The fourth-order valence-electron chi connectivity index (χ4n) is 1.76. The van der Waals surface area contributed by atoms with Gasteiger partial charge in [0.2, 0.25) is 0 Å². The van der Waals surface area contributed by atoms with Crippen molar-refractivity contribution in [3.05, 3.63) is 45.8 Å². The minimum Gasteiger partial charge on any atom is -0.489 e. The van der Waals surface area contributed by atoms with Crippen LogP contribution < -0.4 is 4.74 Å². The predicted octanol–water partition coefficient (Wildman–Crippen LogP) is 4.64. The molecule has 1 N–H and O–H groups in total. The summed E-state index contributed by atoms with van der Waals surface area (Å²) >= 11 is 14.7. The van der Waals surface area contributed by atoms with E-state index in [-0.39, 0.29) is 6.61 Å². The Labute approximate surface area is 156 Å². The van der Waals surface area contributed by atoms with Crippen LogP contribution >= 0.6 is 46.3 Å². The third-order valence-corrected chi connectivity index (χ3v) is 5.23. The summed E-state index contributed by atoms with van der Waals surface area (Å²) in [5, 5.41) is 21.2. The van der Waals surface area contributed by atoms with Crippen LogP contribution in [0.15, 0.2) is 45.4 Å². The number of benzene rings is 1. The summed E-state index contributed by atoms with van der Waals surface area (Å²) in [6, 6.07) is 8.74. The summed E-state index contributed by atoms with van der Waals surface area (Å²) < 4.78 is 11.0. The van der Waals surface area contributed by atoms with Crippen molar-refractivity contribution in [3.8, 4) is 16.5 Å². The van der Waals surface area contributed by atoms with E-state index in [4.69, 9.17) is 32.4 Å². The maximum Gasteiger partial charge on any atom is 0.276 e. The Kier molecular flexibility index (Phi) is 6.02. The van der Waals surface area contributed by atoms with E-state index >= 15 is 0 Å². The van der Waals surface area contributed by atoms with Crippen molar-refractivity contribution in [2.75, 3.05) is 12.4 Å². The molecule has 1 unspecified atom stereocenters. The third-order valence-electron chi connectivity index (χ3n) is 2.86. The molecule has 0 aliphatic rings. The summed E-state index contributed by atoms with van der Waals surface area (Å²) in [6.07, 6.45) is -0.720. The van der Waals surface area contributed by atoms with Crippen molar-refractivity contribution in [2.45, 2.75) is 11.3 Å². The SMILES string of the molecule is OC(COc1cc(Cl)ccc1Cl)CSc1nnc(-c2cccs2)o1. The number of aliphatic hydroxyl groups excluding tert-OH is 1. The van der Waals surface area contributed by atoms with Gasteiger partial charge in [-0.25, -0.2) is 0 Å². The van der Waals surface area contributed by atoms with Crippen LogP contribution in [-0.2, 0) is 0 Å². The van der Waals surface area contributed by atoms with E-state index in [1.54, 1.807) is 18.2 Å². The number of aromatic nitrogens is 2. The zero-order valence-corrected chi connectivity index (χ0v) is 15.3. The summed E-state index contributed by atoms with van der Waals surface area (Å²) in [6.45, 7) is 0.0823. The van der Waals surface area contributed by atoms with E-state index in [2.05, 4.69) is 10.2 Å². The number of thioether (sulfide) groups is 1. The second kappa shape index (κ2) is 8.22. The van der Waals surface area contributed by atoms with Gasteiger partial charge in [0, 0.05) is 16.8 Å². The van der Waals surface area contributed by atoms with Crippen LogP contribution in [-0.4, -0.2) is 33.8 Å². The van der Waals surface area contributed by atoms with Gasteiger partial charge in [-0.1, -0.05) is 41.0 Å². The zero-order valence-electron chi connectivity index (χ0n) is 12.2. The lowest BCUT2D eigenvalue weighted by atomic mass is 10.3. The first-order valence-corrected chi connectivity index (χ1v) is 9.50. The Bertz CT molecular complexity index is 796. The second-order valence-corrected chi connectivity index (χ2v) is 7.46. The number of hydrogen-bond donors (Lipinski definition) is 1. The second-order valence-electron chi connectivity index (χ2n) is 4.70. The molecule has 1 atom stereocenters. The highest BCUT2D eigenvalue weighted by molar-refractivity contribution is 7.99. The number of hydrogen-bond acceptors (Lipinski definition) is 7. The molecule has 2 aromatic heterocycles. The van der Waals surface area contributed by atoms with Gasteiger partial charge in [0.05, 0.1) is 16.0 Å². The first kappa shape index (κ1) is 17.6. The highest BCUT2D eigenvalue weighted by Crippen LogP contribution is 2.29. The number of rotatable bonds is 7. The Hall–Kier alpha value is -1.25. The van der Waals surface area contributed by atoms with Gasteiger partial charge in [-0.2, -0.15) is 0 Å². The van der Waals surface area contributed by atoms with Gasteiger partial charge in [0.15, 0.2) is 0 Å². The molecule has 0 saturated carbocycles. The average Bonchev–Trinajstić information content (AvgIpc) is 3.24. The molecular formula is C15H12Cl2N2O3S2. The molecule has 0 bridgehead atoms. The summed E-state index contributed by atoms with van der Waals surface area (Å²) in [5.74, 6) is 1.26. The van der Waals surface area contributed by atoms with Gasteiger partial charge in [0.1, 0.15) is 12.4 Å². The molecule has 3 aromatic rings. The first-order valence-electron chi connectivity index (χ1n) is 6.88. The molecule has 126 valence electrons. The van der Waals surface area contributed by atoms with E-state index < -0.39 is 6.10 Å². The van der Waals surface area contributed by atoms with Crippen LogP contribution in [0.4, 0.5) is 0 Å². The first-order chi connectivity index (χ1) is 11.6. The topological polar surface area (TPSA) is 68.4 Å². The van der Waals surface area contributed by atoms with E-state index in [0.29, 0.717) is 32.7 Å². The minimum absolute atomic E-state index is 0.0823. The van der Waals surface area contributed by atoms with Crippen molar-refractivity contribution in [1.29, 1.82) is 0 Å². The van der Waals surface area contributed by atoms with Gasteiger partial charge in [-0.15, -0.1) is 21.5 Å². The smallest absolute Gasteiger partial charge is 0.276 e. The molecule has 2 heterocycles. The normalized spacial score (nSPS) is 12.3. The lowest BCUT2D eigenvalue weighted by molar-refractivity contribution is 0.126. The van der Waals surface area contributed by atoms with Crippen molar-refractivity contribution in [1.82, 2.24) is 10.2 Å². The van der Waals surface area contributed by atoms with Crippen LogP contribution in [0.5, 0.6) is 5.75 Å². The highest BCUT2D eigenvalue weighted by Gasteiger charge is 2.13. The van der Waals surface area contributed by atoms with Crippen LogP contribution in [0, 0.1) is 0 Å². The highest BCUT2D eigenvalue weighted by atomic mass is 35.5. The zero-order chi connectivity index (χ0) is 16.9. The molecule has 0 aliphatic heterocycles. The van der Waals surface area contributed by atoms with Crippen molar-refractivity contribution in [2.24, 2.45) is 0 Å². The molecule has 0 amide bonds. The molecule has 5 nitrogen and oxygen atoms in total. The van der Waals surface area contributed by atoms with E-state index in [1.165, 1.54) is 23.1 Å². The van der Waals surface area contributed by atoms with E-state index in [0.717, 1.165) is 4.88 Å². The Morgan fingerprint density at radius 3 is 2.96 bits per heavy atom. The van der Waals surface area contributed by atoms with Crippen molar-refractivity contribution < 1.29 is 14.3 Å². The predicted molar refractivity (Wildman–Crippen MR) is 96.3 cm³/mol. The Morgan fingerprint density at radius 2 is 2.17 bits per heavy atom. The molecule has 0 aliphatic carbocycles. The molecular weight excluding hydrogens is 391 g/mol. The maximum absolute atomic E-state index is 10.0. The van der Waals surface area contributed by atoms with Crippen LogP contribution in [0.25, 0.3) is 10.8 Å². The monoisotopic (exact) mass is 402 g/mol. The van der Waals surface area contributed by atoms with Crippen LogP contribution in [0.2, 0.25) is 10.0 Å². The van der Waals surface area contributed by atoms with Gasteiger partial charge < -0.3 is 14.3 Å². The van der Waals surface area contributed by atoms with Crippen molar-refractivity contribution in [3.63, 3.8) is 0 Å². The van der Waals surface area contributed by atoms with Gasteiger partial charge in [-0.05, 0) is 23.6 Å². The van der Waals surface area contributed by atoms with Gasteiger partial charge in [-0.3, -0.25) is 0 Å². The minimum atomic E-state index is -0.720. The lowest BCUT2D eigenvalue weighted by Crippen LogP contribution is -2.20. The summed E-state index contributed by atoms with van der Waals surface area (Å²) in [7, 11) is 0. The molecule has 0 saturated heterocycles. The van der Waals surface area contributed by atoms with Gasteiger partial charge in [0.25, 0.3) is 11.1 Å². The average molecular weight is 403 g/mol. The molecule has 0 spiro atoms. The summed E-state index contributed by atoms with van der Waals surface area (Å²) in [4.78, 5) is 0.911. The molecule has 0 radical (unpaired) electrons. The number of thiophene rings is 1. The van der Waals surface area contributed by atoms with E-state index in [1.807, 2.05) is 17.5 Å². The fraction of sp³-hybridized carbons (Fsp3) is 0.200. The molecule has 24 heavy (non-hydrogen) atoms. The molecule has 3 rings (SSSR count).